The van der Waals surface area contributed by atoms with Gasteiger partial charge in [-0.1, -0.05) is 18.2 Å². The van der Waals surface area contributed by atoms with Crippen molar-refractivity contribution in [2.24, 2.45) is 5.84 Å². The third-order valence-electron chi connectivity index (χ3n) is 2.99. The molecule has 1 aromatic carbocycles. The number of hydrogen-bond donors (Lipinski definition) is 3. The van der Waals surface area contributed by atoms with Crippen molar-refractivity contribution in [3.63, 3.8) is 0 Å². The topological polar surface area (TPSA) is 113 Å². The maximum atomic E-state index is 13.0. The maximum Gasteiger partial charge on any atom is 0.264 e. The Balaban J connectivity index is 0.000000705. The van der Waals surface area contributed by atoms with Gasteiger partial charge in [0.25, 0.3) is 6.43 Å². The number of nitrogens with two attached hydrogens (primary N) is 1. The number of rotatable bonds is 6. The first-order valence-corrected chi connectivity index (χ1v) is 7.04. The first kappa shape index (κ1) is 19.8. The lowest BCUT2D eigenvalue weighted by Crippen LogP contribution is -2.18. The van der Waals surface area contributed by atoms with Gasteiger partial charge in [-0.15, -0.1) is 0 Å². The van der Waals surface area contributed by atoms with E-state index in [0.29, 0.717) is 17.7 Å². The third-order valence-corrected chi connectivity index (χ3v) is 2.99. The van der Waals surface area contributed by atoms with Crippen molar-refractivity contribution in [2.45, 2.75) is 13.0 Å². The van der Waals surface area contributed by atoms with Crippen molar-refractivity contribution < 1.29 is 18.3 Å². The summed E-state index contributed by atoms with van der Waals surface area (Å²) < 4.78 is 31.5. The molecule has 0 unspecified atom stereocenters. The molecule has 7 nitrogen and oxygen atoms in total. The van der Waals surface area contributed by atoms with E-state index >= 15 is 0 Å². The number of nitriles is 1. The van der Waals surface area contributed by atoms with E-state index in [1.807, 2.05) is 6.07 Å². The first-order valence-electron chi connectivity index (χ1n) is 7.04. The van der Waals surface area contributed by atoms with Gasteiger partial charge < -0.3 is 10.1 Å². The molecule has 25 heavy (non-hydrogen) atoms. The summed E-state index contributed by atoms with van der Waals surface area (Å²) in [5, 5.41) is 11.6. The number of benzene rings is 1. The van der Waals surface area contributed by atoms with E-state index in [9.17, 15) is 8.78 Å². The van der Waals surface area contributed by atoms with Gasteiger partial charge in [0.2, 0.25) is 12.3 Å². The van der Waals surface area contributed by atoms with Crippen LogP contribution in [0.5, 0.6) is 5.88 Å². The SMILES string of the molecule is CNc1cccc(C(F)F)c1COc1cccc(C#N)n1.NNC=O. The lowest BCUT2D eigenvalue weighted by atomic mass is 10.1. The summed E-state index contributed by atoms with van der Waals surface area (Å²) in [5.41, 5.74) is 2.82. The number of hydrazine groups is 1. The minimum atomic E-state index is -2.59. The van der Waals surface area contributed by atoms with Crippen molar-refractivity contribution in [2.75, 3.05) is 12.4 Å². The number of alkyl halides is 2. The molecular weight excluding hydrogens is 332 g/mol. The Hall–Kier alpha value is -3.25. The zero-order valence-electron chi connectivity index (χ0n) is 13.4. The molecule has 4 N–H and O–H groups in total. The molecule has 0 radical (unpaired) electrons. The molecule has 132 valence electrons. The molecule has 1 amide bonds. The van der Waals surface area contributed by atoms with Crippen LogP contribution in [0.15, 0.2) is 36.4 Å². The lowest BCUT2D eigenvalue weighted by Gasteiger charge is -2.14. The van der Waals surface area contributed by atoms with Crippen LogP contribution < -0.4 is 21.3 Å². The Morgan fingerprint density at radius 3 is 2.60 bits per heavy atom. The molecule has 0 saturated heterocycles. The molecule has 0 spiro atoms. The summed E-state index contributed by atoms with van der Waals surface area (Å²) in [6.07, 6.45) is -2.18. The van der Waals surface area contributed by atoms with Crippen molar-refractivity contribution in [1.82, 2.24) is 10.4 Å². The van der Waals surface area contributed by atoms with Gasteiger partial charge in [-0.05, 0) is 12.1 Å². The van der Waals surface area contributed by atoms with Gasteiger partial charge in [0.1, 0.15) is 18.4 Å². The van der Waals surface area contributed by atoms with Crippen LogP contribution in [0.1, 0.15) is 23.2 Å². The number of nitrogens with one attached hydrogen (secondary N) is 2. The zero-order chi connectivity index (χ0) is 18.7. The Morgan fingerprint density at radius 2 is 2.04 bits per heavy atom. The minimum Gasteiger partial charge on any atom is -0.473 e. The number of aromatic nitrogens is 1. The fourth-order valence-corrected chi connectivity index (χ4v) is 1.91. The quantitative estimate of drug-likeness (QED) is 0.319. The number of carbonyl (C=O) groups is 1. The van der Waals surface area contributed by atoms with Gasteiger partial charge in [0.15, 0.2) is 0 Å². The Labute approximate surface area is 143 Å². The summed E-state index contributed by atoms with van der Waals surface area (Å²) >= 11 is 0. The highest BCUT2D eigenvalue weighted by Crippen LogP contribution is 2.29. The summed E-state index contributed by atoms with van der Waals surface area (Å²) in [7, 11) is 1.66. The van der Waals surface area contributed by atoms with Crippen molar-refractivity contribution in [3.05, 3.63) is 53.2 Å². The monoisotopic (exact) mass is 349 g/mol. The van der Waals surface area contributed by atoms with Crippen LogP contribution in [-0.4, -0.2) is 18.4 Å². The zero-order valence-corrected chi connectivity index (χ0v) is 13.4. The van der Waals surface area contributed by atoms with Crippen LogP contribution in [0.4, 0.5) is 14.5 Å². The minimum absolute atomic E-state index is 0.0570. The second kappa shape index (κ2) is 10.5. The molecule has 1 heterocycles. The summed E-state index contributed by atoms with van der Waals surface area (Å²) in [5.74, 6) is 4.63. The Kier molecular flexibility index (Phi) is 8.32. The Bertz CT molecular complexity index is 735. The maximum absolute atomic E-state index is 13.0. The molecule has 9 heteroatoms. The van der Waals surface area contributed by atoms with Gasteiger partial charge in [0.05, 0.1) is 0 Å². The van der Waals surface area contributed by atoms with Gasteiger partial charge in [-0.25, -0.2) is 19.6 Å². The molecule has 2 rings (SSSR count). The number of amides is 1. The molecule has 1 aromatic heterocycles. The predicted molar refractivity (Wildman–Crippen MR) is 87.6 cm³/mol. The number of nitrogens with zero attached hydrogens (tertiary/aromatic N) is 2. The Morgan fingerprint density at radius 1 is 1.36 bits per heavy atom. The van der Waals surface area contributed by atoms with E-state index in [1.54, 1.807) is 42.8 Å². The van der Waals surface area contributed by atoms with Crippen LogP contribution >= 0.6 is 0 Å². The van der Waals surface area contributed by atoms with E-state index in [1.165, 1.54) is 6.07 Å². The third kappa shape index (κ3) is 6.04. The van der Waals surface area contributed by atoms with Crippen LogP contribution in [0.2, 0.25) is 0 Å². The molecular formula is C16H17F2N5O2. The van der Waals surface area contributed by atoms with Gasteiger partial charge >= 0.3 is 0 Å². The lowest BCUT2D eigenvalue weighted by molar-refractivity contribution is -0.109. The summed E-state index contributed by atoms with van der Waals surface area (Å²) in [6.45, 7) is -0.0570. The average Bonchev–Trinajstić information content (AvgIpc) is 2.66. The normalized spacial score (nSPS) is 9.44. The van der Waals surface area contributed by atoms with Gasteiger partial charge in [-0.3, -0.25) is 10.2 Å². The highest BCUT2D eigenvalue weighted by Gasteiger charge is 2.16. The molecule has 0 fully saturated rings. The van der Waals surface area contributed by atoms with Crippen molar-refractivity contribution in [3.8, 4) is 11.9 Å². The van der Waals surface area contributed by atoms with Crippen molar-refractivity contribution >= 4 is 12.1 Å². The molecule has 0 atom stereocenters. The van der Waals surface area contributed by atoms with Crippen LogP contribution in [0, 0.1) is 11.3 Å². The number of halogens is 2. The number of ether oxygens (including phenoxy) is 1. The number of pyridine rings is 1. The predicted octanol–water partition coefficient (Wildman–Crippen LogP) is 2.12. The standard InChI is InChI=1S/C15H13F2N3O.CH4N2O/c1-19-13-6-3-5-11(15(16)17)12(13)9-21-14-7-2-4-10(8-18)20-14;2-3-1-4/h2-7,15,19H,9H2,1H3;1H,2H2,(H,3,4). The molecule has 0 bridgehead atoms. The number of carbonyl (C=O) groups excluding carboxylic acids is 1. The van der Waals surface area contributed by atoms with Gasteiger partial charge in [0, 0.05) is 29.9 Å². The van der Waals surface area contributed by atoms with Crippen molar-refractivity contribution in [1.29, 1.82) is 5.26 Å². The summed E-state index contributed by atoms with van der Waals surface area (Å²) in [4.78, 5) is 12.9. The van der Waals surface area contributed by atoms with E-state index in [2.05, 4.69) is 16.1 Å². The fourth-order valence-electron chi connectivity index (χ4n) is 1.91. The van der Waals surface area contributed by atoms with Crippen LogP contribution in [0.3, 0.4) is 0 Å². The van der Waals surface area contributed by atoms with Gasteiger partial charge in [-0.2, -0.15) is 5.26 Å². The van der Waals surface area contributed by atoms with E-state index in [-0.39, 0.29) is 23.7 Å². The molecule has 0 aliphatic carbocycles. The largest absolute Gasteiger partial charge is 0.473 e. The first-order chi connectivity index (χ1) is 12.1. The second-order valence-corrected chi connectivity index (χ2v) is 4.47. The molecule has 2 aromatic rings. The van der Waals surface area contributed by atoms with Crippen LogP contribution in [-0.2, 0) is 11.4 Å². The molecule has 0 aliphatic heterocycles. The van der Waals surface area contributed by atoms with Crippen LogP contribution in [0.25, 0.3) is 0 Å². The van der Waals surface area contributed by atoms with E-state index < -0.39 is 6.43 Å². The number of anilines is 1. The number of hydrogen-bond acceptors (Lipinski definition) is 6. The smallest absolute Gasteiger partial charge is 0.264 e. The molecule has 0 aliphatic rings. The highest BCUT2D eigenvalue weighted by atomic mass is 19.3. The van der Waals surface area contributed by atoms with E-state index in [0.717, 1.165) is 0 Å². The second-order valence-electron chi connectivity index (χ2n) is 4.47. The molecule has 0 saturated carbocycles. The highest BCUT2D eigenvalue weighted by molar-refractivity contribution is 5.54. The fraction of sp³-hybridized carbons (Fsp3) is 0.188. The average molecular weight is 349 g/mol. The summed E-state index contributed by atoms with van der Waals surface area (Å²) in [6, 6.07) is 11.3. The van der Waals surface area contributed by atoms with E-state index in [4.69, 9.17) is 14.8 Å².